The maximum atomic E-state index is 13.4. The van der Waals surface area contributed by atoms with Gasteiger partial charge < -0.3 is 0 Å². The number of hydrogen-bond donors (Lipinski definition) is 0. The molecule has 3 heteroatoms. The van der Waals surface area contributed by atoms with Gasteiger partial charge in [-0.2, -0.15) is 5.26 Å². The molecule has 1 unspecified atom stereocenters. The summed E-state index contributed by atoms with van der Waals surface area (Å²) in [4.78, 5) is 0. The van der Waals surface area contributed by atoms with Crippen LogP contribution in [-0.4, -0.2) is 5.92 Å². The fraction of sp³-hybridized carbons (Fsp3) is 0.462. The van der Waals surface area contributed by atoms with Crippen molar-refractivity contribution in [3.63, 3.8) is 0 Å². The van der Waals surface area contributed by atoms with Crippen LogP contribution >= 0.6 is 0 Å². The number of aryl methyl sites for hydroxylation is 1. The molecule has 0 heterocycles. The van der Waals surface area contributed by atoms with Gasteiger partial charge in [-0.15, -0.1) is 0 Å². The van der Waals surface area contributed by atoms with Crippen LogP contribution in [0, 0.1) is 17.2 Å². The second-order valence-corrected chi connectivity index (χ2v) is 4.08. The Bertz CT molecular complexity index is 354. The molecule has 0 aromatic heterocycles. The molecule has 16 heavy (non-hydrogen) atoms. The highest BCUT2D eigenvalue weighted by atomic mass is 19.3. The number of nitriles is 1. The Morgan fingerprint density at radius 2 is 1.94 bits per heavy atom. The smallest absolute Gasteiger partial charge is 0.207 e. The van der Waals surface area contributed by atoms with Gasteiger partial charge in [-0.25, -0.2) is 8.78 Å². The highest BCUT2D eigenvalue weighted by Crippen LogP contribution is 2.28. The third-order valence-corrected chi connectivity index (χ3v) is 2.45. The van der Waals surface area contributed by atoms with Crippen LogP contribution in [0.2, 0.25) is 0 Å². The minimum atomic E-state index is -2.75. The molecule has 0 aliphatic carbocycles. The predicted octanol–water partition coefficient (Wildman–Crippen LogP) is 3.80. The van der Waals surface area contributed by atoms with Gasteiger partial charge >= 0.3 is 0 Å². The number of hydrogen-bond acceptors (Lipinski definition) is 1. The van der Waals surface area contributed by atoms with Crippen molar-refractivity contribution in [1.29, 1.82) is 5.26 Å². The van der Waals surface area contributed by atoms with Gasteiger partial charge in [0.05, 0.1) is 6.07 Å². The Hall–Kier alpha value is -1.43. The minimum Gasteiger partial charge on any atom is -0.207 e. The Morgan fingerprint density at radius 1 is 1.31 bits per heavy atom. The second-order valence-electron chi connectivity index (χ2n) is 4.08. The molecular weight excluding hydrogens is 208 g/mol. The normalized spacial score (nSPS) is 13.1. The van der Waals surface area contributed by atoms with Crippen molar-refractivity contribution in [3.8, 4) is 6.07 Å². The van der Waals surface area contributed by atoms with Crippen molar-refractivity contribution < 1.29 is 8.78 Å². The van der Waals surface area contributed by atoms with Gasteiger partial charge in [-0.1, -0.05) is 30.3 Å². The van der Waals surface area contributed by atoms with Crippen molar-refractivity contribution in [2.24, 2.45) is 5.92 Å². The van der Waals surface area contributed by atoms with Crippen LogP contribution in [0.3, 0.4) is 0 Å². The number of rotatable bonds is 5. The summed E-state index contributed by atoms with van der Waals surface area (Å²) in [5, 5.41) is 8.50. The summed E-state index contributed by atoms with van der Waals surface area (Å²) in [6, 6.07) is 11.1. The molecule has 0 spiro atoms. The molecule has 86 valence electrons. The molecule has 0 saturated carbocycles. The van der Waals surface area contributed by atoms with E-state index in [0.29, 0.717) is 6.42 Å². The zero-order chi connectivity index (χ0) is 12.0. The lowest BCUT2D eigenvalue weighted by molar-refractivity contribution is -0.0232. The van der Waals surface area contributed by atoms with Crippen molar-refractivity contribution in [2.45, 2.75) is 32.1 Å². The molecule has 0 fully saturated rings. The third-order valence-electron chi connectivity index (χ3n) is 2.45. The van der Waals surface area contributed by atoms with Crippen LogP contribution < -0.4 is 0 Å². The minimum absolute atomic E-state index is 0.191. The number of halogens is 2. The molecule has 1 rings (SSSR count). The van der Waals surface area contributed by atoms with E-state index in [1.54, 1.807) is 0 Å². The third kappa shape index (κ3) is 4.39. The summed E-state index contributed by atoms with van der Waals surface area (Å²) in [5.74, 6) is -3.34. The zero-order valence-corrected chi connectivity index (χ0v) is 9.29. The molecule has 0 N–H and O–H groups in total. The van der Waals surface area contributed by atoms with Crippen molar-refractivity contribution in [2.75, 3.05) is 0 Å². The summed E-state index contributed by atoms with van der Waals surface area (Å²) in [5.41, 5.74) is 0.909. The van der Waals surface area contributed by atoms with E-state index in [2.05, 4.69) is 0 Å². The van der Waals surface area contributed by atoms with E-state index >= 15 is 0 Å². The summed E-state index contributed by atoms with van der Waals surface area (Å²) < 4.78 is 26.8. The lowest BCUT2D eigenvalue weighted by Gasteiger charge is -2.17. The van der Waals surface area contributed by atoms with Gasteiger partial charge in [0.15, 0.2) is 0 Å². The molecular formula is C13H15F2N. The first-order valence-corrected chi connectivity index (χ1v) is 5.35. The number of alkyl halides is 2. The second kappa shape index (κ2) is 5.60. The fourth-order valence-corrected chi connectivity index (χ4v) is 1.57. The first kappa shape index (κ1) is 12.6. The maximum absolute atomic E-state index is 13.4. The summed E-state index contributed by atoms with van der Waals surface area (Å²) in [7, 11) is 0. The van der Waals surface area contributed by atoms with Crippen molar-refractivity contribution in [3.05, 3.63) is 35.9 Å². The standard InChI is InChI=1S/C13H15F2N/c1-11(10-16)9-13(14,15)8-7-12-5-3-2-4-6-12/h2-6,11H,7-9H2,1H3. The topological polar surface area (TPSA) is 23.8 Å². The number of benzene rings is 1. The van der Waals surface area contributed by atoms with Gasteiger partial charge in [0.25, 0.3) is 0 Å². The van der Waals surface area contributed by atoms with Gasteiger partial charge in [0, 0.05) is 18.8 Å². The SMILES string of the molecule is CC(C#N)CC(F)(F)CCc1ccccc1. The van der Waals surface area contributed by atoms with Gasteiger partial charge in [-0.3, -0.25) is 0 Å². The first-order chi connectivity index (χ1) is 7.53. The Labute approximate surface area is 94.7 Å². The lowest BCUT2D eigenvalue weighted by atomic mass is 9.98. The Morgan fingerprint density at radius 3 is 2.50 bits per heavy atom. The first-order valence-electron chi connectivity index (χ1n) is 5.35. The van der Waals surface area contributed by atoms with Crippen LogP contribution in [-0.2, 0) is 6.42 Å². The van der Waals surface area contributed by atoms with Crippen LogP contribution in [0.4, 0.5) is 8.78 Å². The predicted molar refractivity (Wildman–Crippen MR) is 59.1 cm³/mol. The van der Waals surface area contributed by atoms with Gasteiger partial charge in [0.1, 0.15) is 0 Å². The van der Waals surface area contributed by atoms with Crippen LogP contribution in [0.25, 0.3) is 0 Å². The van der Waals surface area contributed by atoms with E-state index in [1.165, 1.54) is 6.92 Å². The average molecular weight is 223 g/mol. The van der Waals surface area contributed by atoms with E-state index in [9.17, 15) is 8.78 Å². The molecule has 0 amide bonds. The molecule has 1 aromatic carbocycles. The molecule has 1 atom stereocenters. The summed E-state index contributed by atoms with van der Waals surface area (Å²) in [6.45, 7) is 1.52. The van der Waals surface area contributed by atoms with Gasteiger partial charge in [-0.05, 0) is 18.9 Å². The average Bonchev–Trinajstić information content (AvgIpc) is 2.27. The van der Waals surface area contributed by atoms with Crippen LogP contribution in [0.15, 0.2) is 30.3 Å². The molecule has 0 radical (unpaired) electrons. The molecule has 0 saturated heterocycles. The highest BCUT2D eigenvalue weighted by molar-refractivity contribution is 5.14. The molecule has 0 aliphatic heterocycles. The van der Waals surface area contributed by atoms with Crippen molar-refractivity contribution in [1.82, 2.24) is 0 Å². The fourth-order valence-electron chi connectivity index (χ4n) is 1.57. The quantitative estimate of drug-likeness (QED) is 0.744. The summed E-state index contributed by atoms with van der Waals surface area (Å²) >= 11 is 0. The van der Waals surface area contributed by atoms with Crippen molar-refractivity contribution >= 4 is 0 Å². The van der Waals surface area contributed by atoms with E-state index < -0.39 is 11.8 Å². The Balaban J connectivity index is 2.45. The van der Waals surface area contributed by atoms with Crippen LogP contribution in [0.5, 0.6) is 0 Å². The lowest BCUT2D eigenvalue weighted by Crippen LogP contribution is -2.20. The van der Waals surface area contributed by atoms with E-state index in [4.69, 9.17) is 5.26 Å². The van der Waals surface area contributed by atoms with E-state index in [1.807, 2.05) is 36.4 Å². The van der Waals surface area contributed by atoms with Gasteiger partial charge in [0.2, 0.25) is 5.92 Å². The monoisotopic (exact) mass is 223 g/mol. The molecule has 1 nitrogen and oxygen atoms in total. The number of nitrogens with zero attached hydrogens (tertiary/aromatic N) is 1. The Kier molecular flexibility index (Phi) is 4.42. The highest BCUT2D eigenvalue weighted by Gasteiger charge is 2.30. The largest absolute Gasteiger partial charge is 0.249 e. The van der Waals surface area contributed by atoms with E-state index in [-0.39, 0.29) is 12.8 Å². The molecule has 1 aromatic rings. The molecule has 0 bridgehead atoms. The molecule has 0 aliphatic rings. The zero-order valence-electron chi connectivity index (χ0n) is 9.29. The van der Waals surface area contributed by atoms with E-state index in [0.717, 1.165) is 5.56 Å². The summed E-state index contributed by atoms with van der Waals surface area (Å²) in [6.07, 6.45) is -0.189. The maximum Gasteiger partial charge on any atom is 0.249 e. The van der Waals surface area contributed by atoms with Crippen LogP contribution in [0.1, 0.15) is 25.3 Å².